The molecule has 1 amide bonds. The molecule has 2 aromatic rings. The van der Waals surface area contributed by atoms with Crippen LogP contribution in [0.15, 0.2) is 36.7 Å². The van der Waals surface area contributed by atoms with Crippen LogP contribution >= 0.6 is 0 Å². The van der Waals surface area contributed by atoms with Crippen LogP contribution in [0.4, 0.5) is 5.69 Å². The molecule has 2 heterocycles. The molecule has 0 N–H and O–H groups in total. The number of aryl methyl sites for hydroxylation is 2. The van der Waals surface area contributed by atoms with Gasteiger partial charge < -0.3 is 4.90 Å². The van der Waals surface area contributed by atoms with E-state index >= 15 is 0 Å². The molecule has 3 rings (SSSR count). The van der Waals surface area contributed by atoms with E-state index in [1.165, 1.54) is 0 Å². The molecular weight excluding hydrogens is 236 g/mol. The van der Waals surface area contributed by atoms with E-state index in [0.717, 1.165) is 40.9 Å². The van der Waals surface area contributed by atoms with Crippen molar-refractivity contribution in [1.82, 2.24) is 4.98 Å². The lowest BCUT2D eigenvalue weighted by atomic mass is 9.96. The molecule has 0 saturated carbocycles. The average Bonchev–Trinajstić information content (AvgIpc) is 2.41. The van der Waals surface area contributed by atoms with Gasteiger partial charge in [-0.05, 0) is 43.5 Å². The van der Waals surface area contributed by atoms with Crippen LogP contribution in [-0.2, 0) is 6.42 Å². The minimum atomic E-state index is 0.0843. The Morgan fingerprint density at radius 1 is 1.21 bits per heavy atom. The van der Waals surface area contributed by atoms with Gasteiger partial charge in [0.1, 0.15) is 0 Å². The van der Waals surface area contributed by atoms with Gasteiger partial charge in [0.2, 0.25) is 0 Å². The van der Waals surface area contributed by atoms with Crippen molar-refractivity contribution < 1.29 is 4.79 Å². The Morgan fingerprint density at radius 2 is 2.05 bits per heavy atom. The van der Waals surface area contributed by atoms with Crippen LogP contribution in [0.25, 0.3) is 0 Å². The third kappa shape index (κ3) is 2.01. The highest BCUT2D eigenvalue weighted by Crippen LogP contribution is 2.26. The van der Waals surface area contributed by atoms with Crippen molar-refractivity contribution in [1.29, 1.82) is 0 Å². The standard InChI is InChI=1S/C16H16N2O/c1-11-3-4-13-6-8-18(16(19)14(13)9-11)15-10-17-7-5-12(15)2/h3-5,7,9-10H,6,8H2,1-2H3. The van der Waals surface area contributed by atoms with Gasteiger partial charge in [0, 0.05) is 18.3 Å². The van der Waals surface area contributed by atoms with Crippen LogP contribution in [0, 0.1) is 13.8 Å². The summed E-state index contributed by atoms with van der Waals surface area (Å²) in [6, 6.07) is 8.05. The molecule has 1 aliphatic rings. The van der Waals surface area contributed by atoms with Crippen molar-refractivity contribution in [2.24, 2.45) is 0 Å². The summed E-state index contributed by atoms with van der Waals surface area (Å²) in [5.41, 5.74) is 5.10. The van der Waals surface area contributed by atoms with E-state index < -0.39 is 0 Å². The molecule has 3 nitrogen and oxygen atoms in total. The monoisotopic (exact) mass is 252 g/mol. The fourth-order valence-electron chi connectivity index (χ4n) is 2.55. The largest absolute Gasteiger partial charge is 0.306 e. The van der Waals surface area contributed by atoms with Crippen molar-refractivity contribution in [3.8, 4) is 0 Å². The van der Waals surface area contributed by atoms with Crippen LogP contribution < -0.4 is 4.90 Å². The number of benzene rings is 1. The molecule has 0 atom stereocenters. The first-order valence-corrected chi connectivity index (χ1v) is 6.49. The lowest BCUT2D eigenvalue weighted by Crippen LogP contribution is -2.38. The summed E-state index contributed by atoms with van der Waals surface area (Å²) in [5.74, 6) is 0.0843. The SMILES string of the molecule is Cc1ccc2c(c1)C(=O)N(c1cnccc1C)CC2. The van der Waals surface area contributed by atoms with E-state index in [9.17, 15) is 4.79 Å². The van der Waals surface area contributed by atoms with Crippen LogP contribution in [0.1, 0.15) is 27.0 Å². The highest BCUT2D eigenvalue weighted by molar-refractivity contribution is 6.08. The number of carbonyl (C=O) groups excluding carboxylic acids is 1. The van der Waals surface area contributed by atoms with Gasteiger partial charge >= 0.3 is 0 Å². The van der Waals surface area contributed by atoms with E-state index in [-0.39, 0.29) is 5.91 Å². The Morgan fingerprint density at radius 3 is 2.84 bits per heavy atom. The lowest BCUT2D eigenvalue weighted by Gasteiger charge is -2.29. The van der Waals surface area contributed by atoms with Gasteiger partial charge in [-0.3, -0.25) is 9.78 Å². The molecule has 0 saturated heterocycles. The summed E-state index contributed by atoms with van der Waals surface area (Å²) < 4.78 is 0. The zero-order chi connectivity index (χ0) is 13.4. The molecule has 0 spiro atoms. The summed E-state index contributed by atoms with van der Waals surface area (Å²) in [7, 11) is 0. The number of hydrogen-bond acceptors (Lipinski definition) is 2. The number of fused-ring (bicyclic) bond motifs is 1. The van der Waals surface area contributed by atoms with Crippen LogP contribution in [-0.4, -0.2) is 17.4 Å². The number of rotatable bonds is 1. The number of carbonyl (C=O) groups is 1. The summed E-state index contributed by atoms with van der Waals surface area (Å²) in [6.07, 6.45) is 4.43. The maximum atomic E-state index is 12.6. The second kappa shape index (κ2) is 4.50. The molecule has 0 unspecified atom stereocenters. The van der Waals surface area contributed by atoms with Gasteiger partial charge in [-0.2, -0.15) is 0 Å². The van der Waals surface area contributed by atoms with E-state index in [4.69, 9.17) is 0 Å². The van der Waals surface area contributed by atoms with E-state index in [1.54, 1.807) is 12.4 Å². The Balaban J connectivity index is 2.04. The normalized spacial score (nSPS) is 14.4. The number of hydrogen-bond donors (Lipinski definition) is 0. The molecule has 1 aromatic heterocycles. The van der Waals surface area contributed by atoms with Gasteiger partial charge in [-0.25, -0.2) is 0 Å². The number of nitrogens with zero attached hydrogens (tertiary/aromatic N) is 2. The molecule has 1 aliphatic heterocycles. The molecule has 19 heavy (non-hydrogen) atoms. The Hall–Kier alpha value is -2.16. The number of amides is 1. The topological polar surface area (TPSA) is 33.2 Å². The first-order chi connectivity index (χ1) is 9.16. The molecule has 0 radical (unpaired) electrons. The Labute approximate surface area is 112 Å². The van der Waals surface area contributed by atoms with Gasteiger partial charge in [0.05, 0.1) is 11.9 Å². The molecule has 0 fully saturated rings. The van der Waals surface area contributed by atoms with Crippen molar-refractivity contribution in [2.45, 2.75) is 20.3 Å². The fraction of sp³-hybridized carbons (Fsp3) is 0.250. The summed E-state index contributed by atoms with van der Waals surface area (Å²) in [6.45, 7) is 4.75. The van der Waals surface area contributed by atoms with Crippen molar-refractivity contribution in [3.05, 3.63) is 58.9 Å². The van der Waals surface area contributed by atoms with Gasteiger partial charge in [-0.1, -0.05) is 17.7 Å². The fourth-order valence-corrected chi connectivity index (χ4v) is 2.55. The lowest BCUT2D eigenvalue weighted by molar-refractivity contribution is 0.0980. The minimum absolute atomic E-state index is 0.0843. The maximum Gasteiger partial charge on any atom is 0.258 e. The zero-order valence-corrected chi connectivity index (χ0v) is 11.2. The van der Waals surface area contributed by atoms with E-state index in [2.05, 4.69) is 17.1 Å². The van der Waals surface area contributed by atoms with Crippen LogP contribution in [0.3, 0.4) is 0 Å². The van der Waals surface area contributed by atoms with E-state index in [0.29, 0.717) is 0 Å². The highest BCUT2D eigenvalue weighted by Gasteiger charge is 2.26. The molecule has 3 heteroatoms. The van der Waals surface area contributed by atoms with Gasteiger partial charge in [-0.15, -0.1) is 0 Å². The second-order valence-electron chi connectivity index (χ2n) is 5.03. The first kappa shape index (κ1) is 11.9. The summed E-state index contributed by atoms with van der Waals surface area (Å²) in [4.78, 5) is 18.6. The first-order valence-electron chi connectivity index (χ1n) is 6.49. The predicted molar refractivity (Wildman–Crippen MR) is 75.5 cm³/mol. The highest BCUT2D eigenvalue weighted by atomic mass is 16.2. The molecular formula is C16H16N2O. The van der Waals surface area contributed by atoms with E-state index in [1.807, 2.05) is 30.9 Å². The van der Waals surface area contributed by atoms with Crippen molar-refractivity contribution >= 4 is 11.6 Å². The van der Waals surface area contributed by atoms with Crippen molar-refractivity contribution in [3.63, 3.8) is 0 Å². The number of aromatic nitrogens is 1. The van der Waals surface area contributed by atoms with Crippen LogP contribution in [0.2, 0.25) is 0 Å². The minimum Gasteiger partial charge on any atom is -0.306 e. The molecule has 1 aromatic carbocycles. The number of anilines is 1. The molecule has 96 valence electrons. The molecule has 0 aliphatic carbocycles. The molecule has 0 bridgehead atoms. The summed E-state index contributed by atoms with van der Waals surface area (Å²) in [5, 5.41) is 0. The van der Waals surface area contributed by atoms with Crippen molar-refractivity contribution in [2.75, 3.05) is 11.4 Å². The van der Waals surface area contributed by atoms with Crippen LogP contribution in [0.5, 0.6) is 0 Å². The Kier molecular flexibility index (Phi) is 2.82. The predicted octanol–water partition coefficient (Wildman–Crippen LogP) is 2.90. The third-order valence-corrected chi connectivity index (χ3v) is 3.65. The number of pyridine rings is 1. The zero-order valence-electron chi connectivity index (χ0n) is 11.2. The smallest absolute Gasteiger partial charge is 0.258 e. The quantitative estimate of drug-likeness (QED) is 0.782. The van der Waals surface area contributed by atoms with Gasteiger partial charge in [0.25, 0.3) is 5.91 Å². The summed E-state index contributed by atoms with van der Waals surface area (Å²) >= 11 is 0. The third-order valence-electron chi connectivity index (χ3n) is 3.65. The Bertz CT molecular complexity index is 649. The second-order valence-corrected chi connectivity index (χ2v) is 5.03. The average molecular weight is 252 g/mol. The van der Waals surface area contributed by atoms with Gasteiger partial charge in [0.15, 0.2) is 0 Å². The maximum absolute atomic E-state index is 12.6.